The van der Waals surface area contributed by atoms with Crippen molar-refractivity contribution in [1.29, 1.82) is 0 Å². The van der Waals surface area contributed by atoms with Gasteiger partial charge in [-0.15, -0.1) is 0 Å². The van der Waals surface area contributed by atoms with Crippen molar-refractivity contribution in [1.82, 2.24) is 19.6 Å². The van der Waals surface area contributed by atoms with Crippen molar-refractivity contribution >= 4 is 5.91 Å². The molecule has 0 aliphatic carbocycles. The summed E-state index contributed by atoms with van der Waals surface area (Å²) >= 11 is 0. The zero-order valence-corrected chi connectivity index (χ0v) is 18.7. The summed E-state index contributed by atoms with van der Waals surface area (Å²) in [6, 6.07) is 16.4. The molecular weight excluding hydrogens is 418 g/mol. The highest BCUT2D eigenvalue weighted by molar-refractivity contribution is 5.73. The number of rotatable bonds is 8. The fraction of sp³-hybridized carbons (Fsp3) is 0.360. The van der Waals surface area contributed by atoms with Crippen LogP contribution in [-0.4, -0.2) is 65.0 Å². The van der Waals surface area contributed by atoms with E-state index in [0.29, 0.717) is 6.42 Å². The van der Waals surface area contributed by atoms with Gasteiger partial charge in [-0.25, -0.2) is 0 Å². The van der Waals surface area contributed by atoms with Crippen molar-refractivity contribution in [3.63, 3.8) is 0 Å². The second-order valence-corrected chi connectivity index (χ2v) is 8.59. The van der Waals surface area contributed by atoms with Gasteiger partial charge in [-0.05, 0) is 23.8 Å². The third-order valence-electron chi connectivity index (χ3n) is 6.20. The molecule has 172 valence electrons. The molecule has 0 atom stereocenters. The zero-order chi connectivity index (χ0) is 22.6. The highest BCUT2D eigenvalue weighted by atomic mass is 16.7. The van der Waals surface area contributed by atoms with Crippen LogP contribution in [0.25, 0.3) is 11.3 Å². The van der Waals surface area contributed by atoms with Gasteiger partial charge in [0.2, 0.25) is 12.7 Å². The Hall–Kier alpha value is -3.36. The summed E-state index contributed by atoms with van der Waals surface area (Å²) < 4.78 is 13.1. The quantitative estimate of drug-likeness (QED) is 0.570. The Morgan fingerprint density at radius 1 is 0.939 bits per heavy atom. The molecule has 1 aromatic heterocycles. The molecule has 3 aromatic rings. The number of benzene rings is 2. The molecule has 0 radical (unpaired) electrons. The standard InChI is InChI=1S/C25H29N5O3/c26-24(31)8-9-28-10-12-29(13-11-28)16-21-17-30(15-19-4-2-1-3-5-19)27-25(21)20-6-7-22-23(14-20)33-18-32-22/h1-7,14,17H,8-13,15-16,18H2,(H2,26,31). The number of hydrogen-bond acceptors (Lipinski definition) is 6. The number of carbonyl (C=O) groups is 1. The zero-order valence-electron chi connectivity index (χ0n) is 18.7. The average molecular weight is 448 g/mol. The van der Waals surface area contributed by atoms with Crippen LogP contribution in [0, 0.1) is 0 Å². The van der Waals surface area contributed by atoms with Crippen LogP contribution < -0.4 is 15.2 Å². The minimum absolute atomic E-state index is 0.239. The number of fused-ring (bicyclic) bond motifs is 1. The molecule has 1 fully saturated rings. The Balaban J connectivity index is 1.34. The minimum atomic E-state index is -0.239. The maximum Gasteiger partial charge on any atom is 0.231 e. The predicted octanol–water partition coefficient (Wildman–Crippen LogP) is 2.32. The first-order chi connectivity index (χ1) is 16.1. The van der Waals surface area contributed by atoms with Crippen LogP contribution in [0.1, 0.15) is 17.5 Å². The van der Waals surface area contributed by atoms with Gasteiger partial charge in [0, 0.05) is 63.0 Å². The fourth-order valence-corrected chi connectivity index (χ4v) is 4.40. The summed E-state index contributed by atoms with van der Waals surface area (Å²) in [5.74, 6) is 1.30. The third kappa shape index (κ3) is 5.18. The minimum Gasteiger partial charge on any atom is -0.454 e. The first kappa shape index (κ1) is 21.5. The summed E-state index contributed by atoms with van der Waals surface area (Å²) in [4.78, 5) is 15.8. The molecule has 1 amide bonds. The smallest absolute Gasteiger partial charge is 0.231 e. The molecule has 1 saturated heterocycles. The second-order valence-electron chi connectivity index (χ2n) is 8.59. The second kappa shape index (κ2) is 9.64. The number of hydrogen-bond donors (Lipinski definition) is 1. The van der Waals surface area contributed by atoms with E-state index in [1.165, 1.54) is 11.1 Å². The highest BCUT2D eigenvalue weighted by Crippen LogP contribution is 2.36. The van der Waals surface area contributed by atoms with Crippen LogP contribution in [0.5, 0.6) is 11.5 Å². The van der Waals surface area contributed by atoms with Gasteiger partial charge >= 0.3 is 0 Å². The maximum atomic E-state index is 11.1. The molecule has 5 rings (SSSR count). The van der Waals surface area contributed by atoms with E-state index in [1.54, 1.807) is 0 Å². The van der Waals surface area contributed by atoms with E-state index in [0.717, 1.165) is 68.6 Å². The third-order valence-corrected chi connectivity index (χ3v) is 6.20. The first-order valence-electron chi connectivity index (χ1n) is 11.4. The molecule has 0 bridgehead atoms. The van der Waals surface area contributed by atoms with Crippen molar-refractivity contribution in [2.24, 2.45) is 5.73 Å². The Morgan fingerprint density at radius 2 is 1.70 bits per heavy atom. The Morgan fingerprint density at radius 3 is 2.48 bits per heavy atom. The van der Waals surface area contributed by atoms with Gasteiger partial charge < -0.3 is 20.1 Å². The van der Waals surface area contributed by atoms with Gasteiger partial charge in [-0.2, -0.15) is 5.10 Å². The molecule has 0 spiro atoms. The average Bonchev–Trinajstić information content (AvgIpc) is 3.45. The Labute approximate surface area is 193 Å². The van der Waals surface area contributed by atoms with Crippen molar-refractivity contribution in [3.8, 4) is 22.8 Å². The largest absolute Gasteiger partial charge is 0.454 e. The molecule has 33 heavy (non-hydrogen) atoms. The van der Waals surface area contributed by atoms with E-state index in [9.17, 15) is 4.79 Å². The lowest BCUT2D eigenvalue weighted by molar-refractivity contribution is -0.118. The molecule has 3 heterocycles. The lowest BCUT2D eigenvalue weighted by atomic mass is 10.1. The molecule has 0 saturated carbocycles. The maximum absolute atomic E-state index is 11.1. The van der Waals surface area contributed by atoms with E-state index in [4.69, 9.17) is 20.3 Å². The number of piperazine rings is 1. The van der Waals surface area contributed by atoms with Crippen molar-refractivity contribution < 1.29 is 14.3 Å². The van der Waals surface area contributed by atoms with Crippen LogP contribution in [0.15, 0.2) is 54.7 Å². The molecular formula is C25H29N5O3. The Kier molecular flexibility index (Phi) is 6.28. The van der Waals surface area contributed by atoms with Crippen molar-refractivity contribution in [2.75, 3.05) is 39.5 Å². The number of ether oxygens (including phenoxy) is 2. The van der Waals surface area contributed by atoms with Crippen LogP contribution in [-0.2, 0) is 17.9 Å². The van der Waals surface area contributed by atoms with Crippen LogP contribution in [0.4, 0.5) is 0 Å². The first-order valence-corrected chi connectivity index (χ1v) is 11.4. The van der Waals surface area contributed by atoms with E-state index in [2.05, 4.69) is 40.3 Å². The summed E-state index contributed by atoms with van der Waals surface area (Å²) in [6.07, 6.45) is 2.58. The van der Waals surface area contributed by atoms with Gasteiger partial charge in [0.1, 0.15) is 0 Å². The monoisotopic (exact) mass is 447 g/mol. The molecule has 8 heteroatoms. The van der Waals surface area contributed by atoms with E-state index in [1.807, 2.05) is 28.9 Å². The molecule has 2 aliphatic heterocycles. The van der Waals surface area contributed by atoms with Gasteiger partial charge in [0.05, 0.1) is 12.2 Å². The normalized spacial score (nSPS) is 16.2. The number of amides is 1. The van der Waals surface area contributed by atoms with Crippen molar-refractivity contribution in [2.45, 2.75) is 19.5 Å². The predicted molar refractivity (Wildman–Crippen MR) is 125 cm³/mol. The summed E-state index contributed by atoms with van der Waals surface area (Å²) in [7, 11) is 0. The van der Waals surface area contributed by atoms with Gasteiger partial charge in [0.25, 0.3) is 0 Å². The molecule has 2 aliphatic rings. The highest BCUT2D eigenvalue weighted by Gasteiger charge is 2.22. The fourth-order valence-electron chi connectivity index (χ4n) is 4.40. The molecule has 2 aromatic carbocycles. The van der Waals surface area contributed by atoms with Crippen LogP contribution in [0.2, 0.25) is 0 Å². The van der Waals surface area contributed by atoms with Gasteiger partial charge in [-0.1, -0.05) is 30.3 Å². The SMILES string of the molecule is NC(=O)CCN1CCN(Cc2cn(Cc3ccccc3)nc2-c2ccc3c(c2)OCO3)CC1. The summed E-state index contributed by atoms with van der Waals surface area (Å²) in [5, 5.41) is 4.96. The van der Waals surface area contributed by atoms with Crippen LogP contribution >= 0.6 is 0 Å². The van der Waals surface area contributed by atoms with E-state index >= 15 is 0 Å². The number of nitrogens with two attached hydrogens (primary N) is 1. The van der Waals surface area contributed by atoms with Gasteiger partial charge in [-0.3, -0.25) is 14.4 Å². The number of primary amides is 1. The van der Waals surface area contributed by atoms with Crippen LogP contribution in [0.3, 0.4) is 0 Å². The summed E-state index contributed by atoms with van der Waals surface area (Å²) in [6.45, 7) is 6.30. The van der Waals surface area contributed by atoms with Gasteiger partial charge in [0.15, 0.2) is 11.5 Å². The number of aromatic nitrogens is 2. The van der Waals surface area contributed by atoms with E-state index < -0.39 is 0 Å². The summed E-state index contributed by atoms with van der Waals surface area (Å²) in [5.41, 5.74) is 9.71. The lowest BCUT2D eigenvalue weighted by Crippen LogP contribution is -2.46. The van der Waals surface area contributed by atoms with Crippen molar-refractivity contribution in [3.05, 3.63) is 65.9 Å². The Bertz CT molecular complexity index is 1110. The number of nitrogens with zero attached hydrogens (tertiary/aromatic N) is 4. The number of carbonyl (C=O) groups excluding carboxylic acids is 1. The van der Waals surface area contributed by atoms with E-state index in [-0.39, 0.29) is 12.7 Å². The molecule has 8 nitrogen and oxygen atoms in total. The molecule has 0 unspecified atom stereocenters. The lowest BCUT2D eigenvalue weighted by Gasteiger charge is -2.34. The molecule has 2 N–H and O–H groups in total. The topological polar surface area (TPSA) is 85.9 Å².